The third-order valence-corrected chi connectivity index (χ3v) is 1.92. The summed E-state index contributed by atoms with van der Waals surface area (Å²) in [4.78, 5) is 22.3. The molecule has 0 amide bonds. The molecule has 0 saturated heterocycles. The molecule has 0 aliphatic carbocycles. The summed E-state index contributed by atoms with van der Waals surface area (Å²) >= 11 is 0. The van der Waals surface area contributed by atoms with Gasteiger partial charge in [-0.1, -0.05) is 0 Å². The van der Waals surface area contributed by atoms with E-state index in [1.807, 2.05) is 0 Å². The lowest BCUT2D eigenvalue weighted by Crippen LogP contribution is -2.07. The average molecular weight is 224 g/mol. The van der Waals surface area contributed by atoms with Gasteiger partial charge in [0.15, 0.2) is 0 Å². The number of ether oxygens (including phenoxy) is 1. The van der Waals surface area contributed by atoms with Crippen molar-refractivity contribution in [2.75, 3.05) is 6.61 Å². The second-order valence-corrected chi connectivity index (χ2v) is 3.45. The highest BCUT2D eigenvalue weighted by Crippen LogP contribution is 2.11. The van der Waals surface area contributed by atoms with E-state index < -0.39 is 11.8 Å². The number of carbonyl (C=O) groups is 2. The van der Waals surface area contributed by atoms with Crippen molar-refractivity contribution in [1.29, 1.82) is 0 Å². The predicted octanol–water partition coefficient (Wildman–Crippen LogP) is 2.13. The van der Waals surface area contributed by atoms with Gasteiger partial charge >= 0.3 is 5.97 Å². The highest BCUT2D eigenvalue weighted by atomic mass is 19.1. The van der Waals surface area contributed by atoms with E-state index in [-0.39, 0.29) is 24.4 Å². The Balaban J connectivity index is 2.97. The van der Waals surface area contributed by atoms with Crippen molar-refractivity contribution in [3.8, 4) is 0 Å². The summed E-state index contributed by atoms with van der Waals surface area (Å²) in [5.74, 6) is -1.20. The van der Waals surface area contributed by atoms with E-state index in [9.17, 15) is 14.0 Å². The smallest absolute Gasteiger partial charge is 0.338 e. The molecule has 0 aromatic heterocycles. The Morgan fingerprint density at radius 3 is 2.56 bits per heavy atom. The summed E-state index contributed by atoms with van der Waals surface area (Å²) in [6.45, 7) is 3.32. The van der Waals surface area contributed by atoms with Gasteiger partial charge in [-0.05, 0) is 37.6 Å². The van der Waals surface area contributed by atoms with Crippen LogP contribution in [0, 0.1) is 5.82 Å². The molecule has 16 heavy (non-hydrogen) atoms. The topological polar surface area (TPSA) is 43.4 Å². The van der Waals surface area contributed by atoms with Crippen molar-refractivity contribution in [2.45, 2.75) is 20.3 Å². The average Bonchev–Trinajstić information content (AvgIpc) is 2.15. The second-order valence-electron chi connectivity index (χ2n) is 3.45. The number of ketones is 1. The fourth-order valence-electron chi connectivity index (χ4n) is 1.37. The van der Waals surface area contributed by atoms with Crippen LogP contribution in [0.2, 0.25) is 0 Å². The van der Waals surface area contributed by atoms with Gasteiger partial charge in [-0.25, -0.2) is 9.18 Å². The van der Waals surface area contributed by atoms with Crippen LogP contribution in [0.4, 0.5) is 4.39 Å². The molecule has 0 atom stereocenters. The van der Waals surface area contributed by atoms with Gasteiger partial charge in [0.25, 0.3) is 0 Å². The first-order valence-corrected chi connectivity index (χ1v) is 4.99. The van der Waals surface area contributed by atoms with Gasteiger partial charge in [-0.15, -0.1) is 0 Å². The molecule has 0 unspecified atom stereocenters. The first kappa shape index (κ1) is 12.4. The molecule has 0 bridgehead atoms. The number of benzene rings is 1. The molecule has 0 aliphatic heterocycles. The van der Waals surface area contributed by atoms with E-state index in [1.54, 1.807) is 6.92 Å². The lowest BCUT2D eigenvalue weighted by molar-refractivity contribution is -0.116. The largest absolute Gasteiger partial charge is 0.462 e. The quantitative estimate of drug-likeness (QED) is 0.736. The predicted molar refractivity (Wildman–Crippen MR) is 56.7 cm³/mol. The Morgan fingerprint density at radius 2 is 2.00 bits per heavy atom. The van der Waals surface area contributed by atoms with Crippen LogP contribution in [0.3, 0.4) is 0 Å². The van der Waals surface area contributed by atoms with Gasteiger partial charge in [0.1, 0.15) is 11.6 Å². The molecule has 0 aliphatic rings. The zero-order valence-electron chi connectivity index (χ0n) is 9.25. The van der Waals surface area contributed by atoms with Crippen molar-refractivity contribution in [3.63, 3.8) is 0 Å². The lowest BCUT2D eigenvalue weighted by Gasteiger charge is -2.04. The van der Waals surface area contributed by atoms with E-state index in [1.165, 1.54) is 19.1 Å². The Hall–Kier alpha value is -1.71. The molecule has 0 spiro atoms. The van der Waals surface area contributed by atoms with E-state index in [0.29, 0.717) is 5.56 Å². The molecule has 1 rings (SSSR count). The molecule has 0 N–H and O–H groups in total. The Kier molecular flexibility index (Phi) is 4.17. The molecule has 3 nitrogen and oxygen atoms in total. The van der Waals surface area contributed by atoms with Crippen LogP contribution in [0.25, 0.3) is 0 Å². The van der Waals surface area contributed by atoms with Gasteiger partial charge in [-0.2, -0.15) is 0 Å². The molecule has 0 fully saturated rings. The van der Waals surface area contributed by atoms with Crippen LogP contribution in [-0.4, -0.2) is 18.4 Å². The van der Waals surface area contributed by atoms with Crippen LogP contribution in [-0.2, 0) is 16.0 Å². The standard InChI is InChI=1S/C12H13FO3/c1-3-16-12(15)10-5-9(4-8(2)14)6-11(13)7-10/h5-7H,3-4H2,1-2H3. The first-order valence-electron chi connectivity index (χ1n) is 4.99. The number of esters is 1. The zero-order valence-corrected chi connectivity index (χ0v) is 9.25. The van der Waals surface area contributed by atoms with Crippen LogP contribution in [0.5, 0.6) is 0 Å². The summed E-state index contributed by atoms with van der Waals surface area (Å²) < 4.78 is 17.9. The molecule has 1 aromatic rings. The van der Waals surface area contributed by atoms with Crippen molar-refractivity contribution < 1.29 is 18.7 Å². The summed E-state index contributed by atoms with van der Waals surface area (Å²) in [6.07, 6.45) is 0.115. The fourth-order valence-corrected chi connectivity index (χ4v) is 1.37. The van der Waals surface area contributed by atoms with Crippen molar-refractivity contribution >= 4 is 11.8 Å². The monoisotopic (exact) mass is 224 g/mol. The van der Waals surface area contributed by atoms with Crippen LogP contribution in [0.1, 0.15) is 29.8 Å². The Bertz CT molecular complexity index is 413. The lowest BCUT2D eigenvalue weighted by atomic mass is 10.1. The minimum Gasteiger partial charge on any atom is -0.462 e. The molecule has 4 heteroatoms. The number of hydrogen-bond acceptors (Lipinski definition) is 3. The fraction of sp³-hybridized carbons (Fsp3) is 0.333. The van der Waals surface area contributed by atoms with E-state index >= 15 is 0 Å². The minimum absolute atomic E-state index is 0.0830. The third-order valence-electron chi connectivity index (χ3n) is 1.92. The van der Waals surface area contributed by atoms with Gasteiger partial charge in [0, 0.05) is 6.42 Å². The zero-order chi connectivity index (χ0) is 12.1. The minimum atomic E-state index is -0.577. The maximum absolute atomic E-state index is 13.2. The van der Waals surface area contributed by atoms with Crippen LogP contribution >= 0.6 is 0 Å². The van der Waals surface area contributed by atoms with Gasteiger partial charge in [0.2, 0.25) is 0 Å². The molecular formula is C12H13FO3. The Labute approximate surface area is 93.2 Å². The molecule has 0 heterocycles. The van der Waals surface area contributed by atoms with Crippen molar-refractivity contribution in [2.24, 2.45) is 0 Å². The third kappa shape index (κ3) is 3.46. The van der Waals surface area contributed by atoms with Gasteiger partial charge in [0.05, 0.1) is 12.2 Å². The van der Waals surface area contributed by atoms with Crippen LogP contribution in [0.15, 0.2) is 18.2 Å². The summed E-state index contributed by atoms with van der Waals surface area (Å²) in [5.41, 5.74) is 0.619. The van der Waals surface area contributed by atoms with Gasteiger partial charge in [-0.3, -0.25) is 4.79 Å². The van der Waals surface area contributed by atoms with Gasteiger partial charge < -0.3 is 4.74 Å². The molecule has 0 saturated carbocycles. The number of rotatable bonds is 4. The molecular weight excluding hydrogens is 211 g/mol. The number of halogens is 1. The van der Waals surface area contributed by atoms with Crippen molar-refractivity contribution in [1.82, 2.24) is 0 Å². The number of Topliss-reactive ketones (excluding diaryl/α,β-unsaturated/α-hetero) is 1. The summed E-state index contributed by atoms with van der Waals surface area (Å²) in [6, 6.07) is 3.81. The number of hydrogen-bond donors (Lipinski definition) is 0. The molecule has 1 aromatic carbocycles. The summed E-state index contributed by atoms with van der Waals surface area (Å²) in [5, 5.41) is 0. The maximum Gasteiger partial charge on any atom is 0.338 e. The van der Waals surface area contributed by atoms with E-state index in [2.05, 4.69) is 0 Å². The maximum atomic E-state index is 13.2. The number of carbonyl (C=O) groups excluding carboxylic acids is 2. The SMILES string of the molecule is CCOC(=O)c1cc(F)cc(CC(C)=O)c1. The van der Waals surface area contributed by atoms with E-state index in [0.717, 1.165) is 6.07 Å². The van der Waals surface area contributed by atoms with Crippen LogP contribution < -0.4 is 0 Å². The normalized spacial score (nSPS) is 9.94. The molecule has 86 valence electrons. The van der Waals surface area contributed by atoms with E-state index in [4.69, 9.17) is 4.74 Å². The Morgan fingerprint density at radius 1 is 1.31 bits per heavy atom. The highest BCUT2D eigenvalue weighted by Gasteiger charge is 2.10. The second kappa shape index (κ2) is 5.39. The first-order chi connectivity index (χ1) is 7.52. The summed E-state index contributed by atoms with van der Waals surface area (Å²) in [7, 11) is 0. The molecule has 0 radical (unpaired) electrons. The van der Waals surface area contributed by atoms with Crippen molar-refractivity contribution in [3.05, 3.63) is 35.1 Å². The highest BCUT2D eigenvalue weighted by molar-refractivity contribution is 5.90.